The summed E-state index contributed by atoms with van der Waals surface area (Å²) in [7, 11) is -2.95. The smallest absolute Gasteiger partial charge is 0.258 e. The predicted molar refractivity (Wildman–Crippen MR) is 120 cm³/mol. The largest absolute Gasteiger partial charge is 0.424 e. The molecule has 2 aromatic carbocycles. The Kier molecular flexibility index (Phi) is 6.27. The first-order chi connectivity index (χ1) is 12.4. The van der Waals surface area contributed by atoms with Gasteiger partial charge in [-0.15, -0.1) is 0 Å². The molecule has 26 heavy (non-hydrogen) atoms. The molecule has 1 aliphatic carbocycles. The van der Waals surface area contributed by atoms with Crippen molar-refractivity contribution in [2.24, 2.45) is 5.92 Å². The van der Waals surface area contributed by atoms with E-state index in [0.29, 0.717) is 5.92 Å². The van der Waals surface area contributed by atoms with E-state index in [-0.39, 0.29) is 15.1 Å². The van der Waals surface area contributed by atoms with E-state index in [0.717, 1.165) is 36.1 Å². The Morgan fingerprint density at radius 1 is 0.962 bits per heavy atom. The molecule has 1 aliphatic rings. The number of aliphatic hydroxyl groups excluding tert-OH is 1. The van der Waals surface area contributed by atoms with Crippen molar-refractivity contribution in [3.8, 4) is 0 Å². The minimum absolute atomic E-state index is 0.214. The van der Waals surface area contributed by atoms with Crippen molar-refractivity contribution in [1.29, 1.82) is 0 Å². The van der Waals surface area contributed by atoms with Crippen molar-refractivity contribution >= 4 is 41.3 Å². The Bertz CT molecular complexity index is 665. The van der Waals surface area contributed by atoms with Gasteiger partial charge in [0.05, 0.1) is 6.10 Å². The fraction of sp³-hybridized carbons (Fsp3) is 0.455. The molecular weight excluding hydrogens is 451 g/mol. The Hall–Kier alpha value is -0.693. The number of rotatable bonds is 5. The van der Waals surface area contributed by atoms with E-state index in [1.807, 2.05) is 36.4 Å². The molecule has 4 heteroatoms. The fourth-order valence-corrected chi connectivity index (χ4v) is 9.32. The van der Waals surface area contributed by atoms with Crippen molar-refractivity contribution in [3.05, 3.63) is 60.7 Å². The Labute approximate surface area is 171 Å². The van der Waals surface area contributed by atoms with Crippen molar-refractivity contribution < 1.29 is 9.90 Å². The summed E-state index contributed by atoms with van der Waals surface area (Å²) in [5.41, 5.74) is 0. The molecule has 2 N–H and O–H groups in total. The molecule has 0 aromatic heterocycles. The second-order valence-electron chi connectivity index (χ2n) is 8.23. The van der Waals surface area contributed by atoms with Crippen LogP contribution >= 0.6 is 22.6 Å². The third-order valence-corrected chi connectivity index (χ3v) is 12.4. The first kappa shape index (κ1) is 20.1. The summed E-state index contributed by atoms with van der Waals surface area (Å²) in [4.78, 5) is 12.2. The molecule has 0 radical (unpaired) electrons. The lowest BCUT2D eigenvalue weighted by Crippen LogP contribution is -2.65. The van der Waals surface area contributed by atoms with Crippen LogP contribution in [0.2, 0.25) is 5.04 Å². The minimum Gasteiger partial charge on any atom is -0.424 e. The van der Waals surface area contributed by atoms with Crippen molar-refractivity contribution in [1.82, 2.24) is 0 Å². The summed E-state index contributed by atoms with van der Waals surface area (Å²) in [5, 5.41) is 12.2. The highest BCUT2D eigenvalue weighted by Crippen LogP contribution is 2.46. The van der Waals surface area contributed by atoms with Gasteiger partial charge >= 0.3 is 0 Å². The summed E-state index contributed by atoms with van der Waals surface area (Å²) < 4.78 is 0.269. The van der Waals surface area contributed by atoms with Crippen LogP contribution in [0.25, 0.3) is 0 Å². The van der Waals surface area contributed by atoms with E-state index in [9.17, 15) is 9.90 Å². The summed E-state index contributed by atoms with van der Waals surface area (Å²) >= 11 is 2.43. The molecule has 1 saturated carbocycles. The third-order valence-electron chi connectivity index (χ3n) is 6.03. The van der Waals surface area contributed by atoms with Gasteiger partial charge in [-0.1, -0.05) is 104 Å². The summed E-state index contributed by atoms with van der Waals surface area (Å²) in [6.45, 7) is 4.45. The zero-order valence-electron chi connectivity index (χ0n) is 15.6. The van der Waals surface area contributed by atoms with Gasteiger partial charge in [0.15, 0.2) is 0 Å². The Morgan fingerprint density at radius 2 is 1.46 bits per heavy atom. The molecule has 3 rings (SSSR count). The molecule has 0 spiro atoms. The normalized spacial score (nSPS) is 24.4. The maximum absolute atomic E-state index is 12.2. The molecule has 0 aliphatic heterocycles. The van der Waals surface area contributed by atoms with Crippen LogP contribution in [-0.2, 0) is 0 Å². The molecular formula is C22H29IO2Si. The summed E-state index contributed by atoms with van der Waals surface area (Å²) in [6.07, 6.45) is 3.85. The maximum atomic E-state index is 12.2. The quantitative estimate of drug-likeness (QED) is 0.388. The minimum atomic E-state index is -2.95. The topological polar surface area (TPSA) is 40.5 Å². The zero-order chi connectivity index (χ0) is 18.8. The van der Waals surface area contributed by atoms with Gasteiger partial charge in [0.1, 0.15) is 0 Å². The van der Waals surface area contributed by atoms with Crippen LogP contribution in [0.1, 0.15) is 39.5 Å². The van der Waals surface area contributed by atoms with Gasteiger partial charge in [-0.2, -0.15) is 0 Å². The highest BCUT2D eigenvalue weighted by Gasteiger charge is 2.51. The number of benzene rings is 2. The van der Waals surface area contributed by atoms with E-state index < -0.39 is 8.32 Å². The number of hydrogen-bond acceptors (Lipinski definition) is 2. The standard InChI is InChI=1S/C22H29IO2Si/c1-22(2,16-17-10-9-15-20(24)21(17)23)26(25,18-11-5-3-6-12-18)19-13-7-4-8-14-19/h3-8,11-14,17,20-21,24-25H,9-10,15-16H2,1-2H3/t17-,20-,21-/m1/s1. The van der Waals surface area contributed by atoms with Gasteiger partial charge < -0.3 is 9.90 Å². The molecule has 1 fully saturated rings. The van der Waals surface area contributed by atoms with Crippen LogP contribution in [0.5, 0.6) is 0 Å². The number of hydrogen-bond donors (Lipinski definition) is 2. The lowest BCUT2D eigenvalue weighted by atomic mass is 9.82. The number of aliphatic hydroxyl groups is 1. The van der Waals surface area contributed by atoms with Crippen molar-refractivity contribution in [2.75, 3.05) is 0 Å². The molecule has 2 aromatic rings. The summed E-state index contributed by atoms with van der Waals surface area (Å²) in [6, 6.07) is 20.4. The molecule has 0 saturated heterocycles. The number of alkyl halides is 1. The van der Waals surface area contributed by atoms with Crippen LogP contribution in [0.4, 0.5) is 0 Å². The van der Waals surface area contributed by atoms with Crippen LogP contribution in [0.15, 0.2) is 60.7 Å². The van der Waals surface area contributed by atoms with E-state index >= 15 is 0 Å². The average Bonchev–Trinajstić information content (AvgIpc) is 2.66. The first-order valence-corrected chi connectivity index (χ1v) is 12.7. The van der Waals surface area contributed by atoms with Gasteiger partial charge in [0.25, 0.3) is 8.32 Å². The van der Waals surface area contributed by atoms with Crippen LogP contribution < -0.4 is 10.4 Å². The predicted octanol–water partition coefficient (Wildman–Crippen LogP) is 3.87. The molecule has 0 bridgehead atoms. The van der Waals surface area contributed by atoms with Gasteiger partial charge in [-0.25, -0.2) is 0 Å². The van der Waals surface area contributed by atoms with Gasteiger partial charge in [-0.05, 0) is 40.6 Å². The fourth-order valence-electron chi connectivity index (χ4n) is 4.55. The van der Waals surface area contributed by atoms with Crippen molar-refractivity contribution in [2.45, 2.75) is 54.6 Å². The van der Waals surface area contributed by atoms with E-state index in [4.69, 9.17) is 0 Å². The van der Waals surface area contributed by atoms with Crippen molar-refractivity contribution in [3.63, 3.8) is 0 Å². The van der Waals surface area contributed by atoms with Crippen LogP contribution in [-0.4, -0.2) is 28.2 Å². The lowest BCUT2D eigenvalue weighted by Gasteiger charge is -2.45. The molecule has 0 heterocycles. The van der Waals surface area contributed by atoms with Crippen LogP contribution in [0, 0.1) is 5.92 Å². The second kappa shape index (κ2) is 8.13. The summed E-state index contributed by atoms with van der Waals surface area (Å²) in [5.74, 6) is 0.445. The SMILES string of the molecule is CC(C)(C[C@H]1CCC[C@@H](O)[C@@H]1I)[Si](O)(c1ccccc1)c1ccccc1. The first-order valence-electron chi connectivity index (χ1n) is 9.52. The van der Waals surface area contributed by atoms with Gasteiger partial charge in [0, 0.05) is 3.92 Å². The Morgan fingerprint density at radius 3 is 1.96 bits per heavy atom. The van der Waals surface area contributed by atoms with E-state index in [1.165, 1.54) is 0 Å². The molecule has 3 atom stereocenters. The third kappa shape index (κ3) is 3.79. The van der Waals surface area contributed by atoms with Crippen LogP contribution in [0.3, 0.4) is 0 Å². The van der Waals surface area contributed by atoms with E-state index in [2.05, 4.69) is 60.7 Å². The highest BCUT2D eigenvalue weighted by atomic mass is 127. The zero-order valence-corrected chi connectivity index (χ0v) is 18.8. The lowest BCUT2D eigenvalue weighted by molar-refractivity contribution is 0.108. The Balaban J connectivity index is 2.01. The highest BCUT2D eigenvalue weighted by molar-refractivity contribution is 14.1. The van der Waals surface area contributed by atoms with E-state index in [1.54, 1.807) is 0 Å². The maximum Gasteiger partial charge on any atom is 0.258 e. The molecule has 140 valence electrons. The molecule has 0 unspecified atom stereocenters. The van der Waals surface area contributed by atoms with Gasteiger partial charge in [-0.3, -0.25) is 0 Å². The van der Waals surface area contributed by atoms with Gasteiger partial charge in [0.2, 0.25) is 0 Å². The number of halogens is 1. The second-order valence-corrected chi connectivity index (χ2v) is 13.6. The molecule has 2 nitrogen and oxygen atoms in total. The average molecular weight is 480 g/mol. The monoisotopic (exact) mass is 480 g/mol. The molecule has 0 amide bonds.